The van der Waals surface area contributed by atoms with Crippen LogP contribution >= 0.6 is 0 Å². The third-order valence-corrected chi connectivity index (χ3v) is 4.93. The van der Waals surface area contributed by atoms with Gasteiger partial charge in [0.15, 0.2) is 0 Å². The molecule has 0 radical (unpaired) electrons. The van der Waals surface area contributed by atoms with E-state index in [1.54, 1.807) is 9.80 Å². The molecule has 0 aromatic rings. The van der Waals surface area contributed by atoms with E-state index in [4.69, 9.17) is 5.73 Å². The summed E-state index contributed by atoms with van der Waals surface area (Å²) >= 11 is 0. The number of rotatable bonds is 7. The van der Waals surface area contributed by atoms with Crippen LogP contribution in [0.5, 0.6) is 0 Å². The fourth-order valence-corrected chi connectivity index (χ4v) is 3.46. The number of piperidine rings is 1. The van der Waals surface area contributed by atoms with Gasteiger partial charge < -0.3 is 25.8 Å². The highest BCUT2D eigenvalue weighted by atomic mass is 16.2. The van der Waals surface area contributed by atoms with Gasteiger partial charge in [-0.2, -0.15) is 0 Å². The van der Waals surface area contributed by atoms with Gasteiger partial charge in [0, 0.05) is 52.2 Å². The first-order valence-electron chi connectivity index (χ1n) is 9.11. The number of likely N-dealkylation sites (tertiary alicyclic amines) is 2. The van der Waals surface area contributed by atoms with Crippen molar-refractivity contribution >= 4 is 17.7 Å². The van der Waals surface area contributed by atoms with E-state index < -0.39 is 0 Å². The molecule has 2 aliphatic rings. The quantitative estimate of drug-likeness (QED) is 0.593. The molecule has 0 bridgehead atoms. The zero-order valence-electron chi connectivity index (χ0n) is 15.4. The van der Waals surface area contributed by atoms with Crippen molar-refractivity contribution in [2.75, 3.05) is 59.9 Å². The summed E-state index contributed by atoms with van der Waals surface area (Å²) in [6, 6.07) is 0. The predicted molar refractivity (Wildman–Crippen MR) is 94.6 cm³/mol. The van der Waals surface area contributed by atoms with Crippen LogP contribution in [0, 0.1) is 11.8 Å². The minimum absolute atomic E-state index is 0.0111. The number of amides is 3. The third kappa shape index (κ3) is 5.40. The molecule has 2 atom stereocenters. The molecular formula is C17H31N5O3. The maximum atomic E-state index is 12.8. The van der Waals surface area contributed by atoms with Gasteiger partial charge in [-0.05, 0) is 26.9 Å². The molecule has 3 amide bonds. The van der Waals surface area contributed by atoms with E-state index in [2.05, 4.69) is 5.32 Å². The van der Waals surface area contributed by atoms with Gasteiger partial charge in [-0.3, -0.25) is 14.4 Å². The lowest BCUT2D eigenvalue weighted by atomic mass is 9.95. The largest absolute Gasteiger partial charge is 0.355 e. The molecule has 0 aromatic carbocycles. The lowest BCUT2D eigenvalue weighted by Gasteiger charge is -2.33. The zero-order chi connectivity index (χ0) is 18.4. The summed E-state index contributed by atoms with van der Waals surface area (Å²) in [4.78, 5) is 42.6. The van der Waals surface area contributed by atoms with Crippen molar-refractivity contribution in [1.29, 1.82) is 0 Å². The maximum Gasteiger partial charge on any atom is 0.228 e. The van der Waals surface area contributed by atoms with Gasteiger partial charge in [0.25, 0.3) is 0 Å². The van der Waals surface area contributed by atoms with Gasteiger partial charge in [-0.1, -0.05) is 0 Å². The van der Waals surface area contributed by atoms with Crippen LogP contribution in [0.4, 0.5) is 0 Å². The van der Waals surface area contributed by atoms with E-state index in [1.165, 1.54) is 0 Å². The normalized spacial score (nSPS) is 24.1. The van der Waals surface area contributed by atoms with Crippen molar-refractivity contribution in [3.63, 3.8) is 0 Å². The maximum absolute atomic E-state index is 12.8. The molecule has 2 rings (SSSR count). The highest BCUT2D eigenvalue weighted by molar-refractivity contribution is 5.89. The van der Waals surface area contributed by atoms with Crippen LogP contribution in [0.25, 0.3) is 0 Å². The van der Waals surface area contributed by atoms with Gasteiger partial charge in [-0.15, -0.1) is 0 Å². The van der Waals surface area contributed by atoms with Crippen molar-refractivity contribution in [3.05, 3.63) is 0 Å². The Balaban J connectivity index is 1.87. The number of carbonyl (C=O) groups excluding carboxylic acids is 3. The van der Waals surface area contributed by atoms with Crippen LogP contribution in [0.3, 0.4) is 0 Å². The van der Waals surface area contributed by atoms with Crippen molar-refractivity contribution < 1.29 is 14.4 Å². The molecule has 0 aliphatic carbocycles. The predicted octanol–water partition coefficient (Wildman–Crippen LogP) is -1.29. The molecular weight excluding hydrogens is 322 g/mol. The summed E-state index contributed by atoms with van der Waals surface area (Å²) in [6.07, 6.45) is 1.89. The number of carbonyl (C=O) groups is 3. The first-order chi connectivity index (χ1) is 11.9. The topological polar surface area (TPSA) is 99.0 Å². The van der Waals surface area contributed by atoms with E-state index in [9.17, 15) is 14.4 Å². The minimum Gasteiger partial charge on any atom is -0.355 e. The summed E-state index contributed by atoms with van der Waals surface area (Å²) < 4.78 is 0. The smallest absolute Gasteiger partial charge is 0.228 e. The Labute approximate surface area is 149 Å². The lowest BCUT2D eigenvalue weighted by molar-refractivity contribution is -0.139. The number of nitrogens with zero attached hydrogens (tertiary/aromatic N) is 3. The zero-order valence-corrected chi connectivity index (χ0v) is 15.4. The number of hydrogen-bond donors (Lipinski definition) is 2. The second-order valence-corrected chi connectivity index (χ2v) is 7.25. The van der Waals surface area contributed by atoms with Crippen LogP contribution in [-0.4, -0.2) is 92.3 Å². The Kier molecular flexibility index (Phi) is 7.19. The number of hydrogen-bond acceptors (Lipinski definition) is 5. The summed E-state index contributed by atoms with van der Waals surface area (Å²) in [7, 11) is 3.93. The average molecular weight is 353 g/mol. The molecule has 2 saturated heterocycles. The molecule has 142 valence electrons. The van der Waals surface area contributed by atoms with Crippen molar-refractivity contribution in [2.45, 2.75) is 19.3 Å². The number of nitrogens with one attached hydrogen (secondary N) is 1. The lowest BCUT2D eigenvalue weighted by Crippen LogP contribution is -2.48. The SMILES string of the molecule is CN(C)CCN1CC(C(=O)N2CCCC(C(=O)NCCN)C2)CC1=O. The number of nitrogens with two attached hydrogens (primary N) is 1. The molecule has 0 aromatic heterocycles. The molecule has 0 saturated carbocycles. The van der Waals surface area contributed by atoms with E-state index in [1.807, 2.05) is 19.0 Å². The van der Waals surface area contributed by atoms with Crippen LogP contribution < -0.4 is 11.1 Å². The molecule has 8 heteroatoms. The Morgan fingerprint density at radius 2 is 2.04 bits per heavy atom. The standard InChI is InChI=1S/C17H31N5O3/c1-20(2)8-9-21-12-14(10-15(21)23)17(25)22-7-3-4-13(11-22)16(24)19-6-5-18/h13-14H,3-12,18H2,1-2H3,(H,19,24). The van der Waals surface area contributed by atoms with Gasteiger partial charge >= 0.3 is 0 Å². The summed E-state index contributed by atoms with van der Waals surface area (Å²) in [5.41, 5.74) is 5.42. The van der Waals surface area contributed by atoms with E-state index in [0.29, 0.717) is 39.3 Å². The first kappa shape index (κ1) is 19.7. The highest BCUT2D eigenvalue weighted by Gasteiger charge is 2.38. The molecule has 2 heterocycles. The Morgan fingerprint density at radius 3 is 2.72 bits per heavy atom. The van der Waals surface area contributed by atoms with Gasteiger partial charge in [0.05, 0.1) is 11.8 Å². The van der Waals surface area contributed by atoms with E-state index >= 15 is 0 Å². The van der Waals surface area contributed by atoms with Gasteiger partial charge in [-0.25, -0.2) is 0 Å². The average Bonchev–Trinajstić information content (AvgIpc) is 2.98. The Hall–Kier alpha value is -1.67. The van der Waals surface area contributed by atoms with E-state index in [0.717, 1.165) is 19.4 Å². The van der Waals surface area contributed by atoms with Crippen LogP contribution in [-0.2, 0) is 14.4 Å². The molecule has 25 heavy (non-hydrogen) atoms. The van der Waals surface area contributed by atoms with Crippen molar-refractivity contribution in [2.24, 2.45) is 17.6 Å². The second kappa shape index (κ2) is 9.15. The van der Waals surface area contributed by atoms with Gasteiger partial charge in [0.1, 0.15) is 0 Å². The monoisotopic (exact) mass is 353 g/mol. The van der Waals surface area contributed by atoms with E-state index in [-0.39, 0.29) is 36.0 Å². The van der Waals surface area contributed by atoms with Gasteiger partial charge in [0.2, 0.25) is 17.7 Å². The molecule has 3 N–H and O–H groups in total. The summed E-state index contributed by atoms with van der Waals surface area (Å²) in [6.45, 7) is 3.92. The first-order valence-corrected chi connectivity index (χ1v) is 9.11. The number of likely N-dealkylation sites (N-methyl/N-ethyl adjacent to an activating group) is 1. The fourth-order valence-electron chi connectivity index (χ4n) is 3.46. The molecule has 2 fully saturated rings. The van der Waals surface area contributed by atoms with Crippen LogP contribution in [0.1, 0.15) is 19.3 Å². The second-order valence-electron chi connectivity index (χ2n) is 7.25. The molecule has 8 nitrogen and oxygen atoms in total. The molecule has 2 unspecified atom stereocenters. The molecule has 2 aliphatic heterocycles. The van der Waals surface area contributed by atoms with Crippen LogP contribution in [0.2, 0.25) is 0 Å². The highest BCUT2D eigenvalue weighted by Crippen LogP contribution is 2.24. The third-order valence-electron chi connectivity index (χ3n) is 4.93. The molecule has 0 spiro atoms. The fraction of sp³-hybridized carbons (Fsp3) is 0.824. The van der Waals surface area contributed by atoms with Crippen molar-refractivity contribution in [1.82, 2.24) is 20.0 Å². The Bertz CT molecular complexity index is 497. The van der Waals surface area contributed by atoms with Crippen LogP contribution in [0.15, 0.2) is 0 Å². The summed E-state index contributed by atoms with van der Waals surface area (Å²) in [5, 5.41) is 2.80. The Morgan fingerprint density at radius 1 is 1.28 bits per heavy atom. The van der Waals surface area contributed by atoms with Crippen molar-refractivity contribution in [3.8, 4) is 0 Å². The summed E-state index contributed by atoms with van der Waals surface area (Å²) in [5.74, 6) is -0.420. The minimum atomic E-state index is -0.277.